The van der Waals surface area contributed by atoms with E-state index in [0.717, 1.165) is 23.7 Å². The van der Waals surface area contributed by atoms with Crippen LogP contribution in [0.15, 0.2) is 47.2 Å². The summed E-state index contributed by atoms with van der Waals surface area (Å²) in [6.07, 6.45) is 6.52. The number of thiazole rings is 1. The molecule has 0 radical (unpaired) electrons. The number of nitrogens with one attached hydrogen (secondary N) is 1. The lowest BCUT2D eigenvalue weighted by Crippen LogP contribution is -2.28. The highest BCUT2D eigenvalue weighted by Crippen LogP contribution is 2.30. The number of piperidine rings is 1. The Hall–Kier alpha value is -3.13. The largest absolute Gasteiger partial charge is 0.464 e. The topological polar surface area (TPSA) is 84.7 Å². The molecule has 8 heteroatoms. The monoisotopic (exact) mass is 467 g/mol. The Bertz CT molecular complexity index is 1110. The minimum atomic E-state index is -0.625. The molecule has 2 aromatic heterocycles. The molecule has 1 fully saturated rings. The third-order valence-corrected chi connectivity index (χ3v) is 6.40. The highest BCUT2D eigenvalue weighted by Gasteiger charge is 2.21. The molecule has 1 aliphatic heterocycles. The van der Waals surface area contributed by atoms with E-state index >= 15 is 0 Å². The van der Waals surface area contributed by atoms with Crippen molar-refractivity contribution in [1.82, 2.24) is 4.98 Å². The Morgan fingerprint density at radius 2 is 1.97 bits per heavy atom. The summed E-state index contributed by atoms with van der Waals surface area (Å²) in [7, 11) is 0. The summed E-state index contributed by atoms with van der Waals surface area (Å²) in [6.45, 7) is 7.42. The van der Waals surface area contributed by atoms with Crippen LogP contribution < -0.4 is 10.2 Å². The Balaban J connectivity index is 1.56. The van der Waals surface area contributed by atoms with E-state index in [1.807, 2.05) is 24.3 Å². The summed E-state index contributed by atoms with van der Waals surface area (Å²) in [5.41, 5.74) is 1.40. The number of hydrogen-bond donors (Lipinski definition) is 1. The van der Waals surface area contributed by atoms with Gasteiger partial charge in [-0.15, -0.1) is 0 Å². The zero-order chi connectivity index (χ0) is 23.4. The molecule has 0 aliphatic carbocycles. The maximum absolute atomic E-state index is 13.1. The zero-order valence-electron chi connectivity index (χ0n) is 19.2. The van der Waals surface area contributed by atoms with Crippen LogP contribution in [-0.2, 0) is 11.2 Å². The Labute approximate surface area is 197 Å². The average molecular weight is 468 g/mol. The quantitative estimate of drug-likeness (QED) is 0.437. The van der Waals surface area contributed by atoms with E-state index in [1.54, 1.807) is 39.3 Å². The third-order valence-electron chi connectivity index (χ3n) is 5.30. The van der Waals surface area contributed by atoms with E-state index in [-0.39, 0.29) is 12.2 Å². The van der Waals surface area contributed by atoms with E-state index in [1.165, 1.54) is 30.6 Å². The van der Waals surface area contributed by atoms with Crippen molar-refractivity contribution in [2.75, 3.05) is 23.3 Å². The van der Waals surface area contributed by atoms with Crippen molar-refractivity contribution < 1.29 is 18.7 Å². The first-order valence-corrected chi connectivity index (χ1v) is 12.0. The second kappa shape index (κ2) is 9.79. The molecule has 1 amide bonds. The second-order valence-electron chi connectivity index (χ2n) is 9.13. The molecule has 4 rings (SSSR count). The number of furan rings is 1. The van der Waals surface area contributed by atoms with E-state index in [2.05, 4.69) is 15.2 Å². The van der Waals surface area contributed by atoms with E-state index in [4.69, 9.17) is 9.15 Å². The lowest BCUT2D eigenvalue weighted by Gasteiger charge is -2.26. The van der Waals surface area contributed by atoms with Gasteiger partial charge in [0.05, 0.1) is 12.5 Å². The van der Waals surface area contributed by atoms with Gasteiger partial charge in [0, 0.05) is 30.8 Å². The summed E-state index contributed by atoms with van der Waals surface area (Å²) in [6, 6.07) is 9.14. The molecule has 1 aromatic carbocycles. The first kappa shape index (κ1) is 23.0. The van der Waals surface area contributed by atoms with Crippen molar-refractivity contribution in [2.24, 2.45) is 0 Å². The van der Waals surface area contributed by atoms with Crippen LogP contribution in [-0.4, -0.2) is 35.6 Å². The van der Waals surface area contributed by atoms with Gasteiger partial charge in [-0.25, -0.2) is 9.78 Å². The Morgan fingerprint density at radius 1 is 1.18 bits per heavy atom. The van der Waals surface area contributed by atoms with Crippen molar-refractivity contribution in [3.63, 3.8) is 0 Å². The minimum Gasteiger partial charge on any atom is -0.464 e. The molecule has 0 atom stereocenters. The van der Waals surface area contributed by atoms with Crippen molar-refractivity contribution in [3.05, 3.63) is 53.4 Å². The predicted molar refractivity (Wildman–Crippen MR) is 130 cm³/mol. The SMILES string of the molecule is CC(C)(C)OC(=O)Nc1ccc(-c2ccco2)cc1CC(=O)c1ncc(N2CCCCC2)s1. The number of ketones is 1. The first-order chi connectivity index (χ1) is 15.8. The lowest BCUT2D eigenvalue weighted by molar-refractivity contribution is 0.0635. The number of amides is 1. The number of nitrogens with zero attached hydrogens (tertiary/aromatic N) is 2. The zero-order valence-corrected chi connectivity index (χ0v) is 20.0. The minimum absolute atomic E-state index is 0.0907. The summed E-state index contributed by atoms with van der Waals surface area (Å²) in [5, 5.41) is 4.29. The van der Waals surface area contributed by atoms with Gasteiger partial charge >= 0.3 is 6.09 Å². The van der Waals surface area contributed by atoms with Crippen LogP contribution in [0, 0.1) is 0 Å². The number of ether oxygens (including phenoxy) is 1. The lowest BCUT2D eigenvalue weighted by atomic mass is 10.0. The molecule has 0 unspecified atom stereocenters. The molecule has 0 spiro atoms. The number of rotatable bonds is 6. The second-order valence-corrected chi connectivity index (χ2v) is 10.1. The van der Waals surface area contributed by atoms with Crippen molar-refractivity contribution in [2.45, 2.75) is 52.1 Å². The molecule has 33 heavy (non-hydrogen) atoms. The molecule has 0 saturated carbocycles. The molecule has 3 heterocycles. The van der Waals surface area contributed by atoms with Crippen LogP contribution in [0.25, 0.3) is 11.3 Å². The number of aromatic nitrogens is 1. The molecule has 1 saturated heterocycles. The highest BCUT2D eigenvalue weighted by atomic mass is 32.1. The average Bonchev–Trinajstić information content (AvgIpc) is 3.47. The Kier molecular flexibility index (Phi) is 6.83. The molecular weight excluding hydrogens is 438 g/mol. The molecule has 1 N–H and O–H groups in total. The van der Waals surface area contributed by atoms with Gasteiger partial charge in [0.25, 0.3) is 0 Å². The smallest absolute Gasteiger partial charge is 0.412 e. The molecule has 174 valence electrons. The Morgan fingerprint density at radius 3 is 2.67 bits per heavy atom. The number of benzene rings is 1. The molecule has 0 bridgehead atoms. The van der Waals surface area contributed by atoms with E-state index in [9.17, 15) is 9.59 Å². The maximum Gasteiger partial charge on any atom is 0.412 e. The third kappa shape index (κ3) is 6.01. The van der Waals surface area contributed by atoms with Gasteiger partial charge in [0.2, 0.25) is 0 Å². The van der Waals surface area contributed by atoms with Gasteiger partial charge in [0.1, 0.15) is 16.4 Å². The fourth-order valence-corrected chi connectivity index (χ4v) is 4.68. The van der Waals surface area contributed by atoms with Crippen molar-refractivity contribution in [1.29, 1.82) is 0 Å². The molecule has 1 aliphatic rings. The fraction of sp³-hybridized carbons (Fsp3) is 0.400. The number of carbonyl (C=O) groups is 2. The molecule has 7 nitrogen and oxygen atoms in total. The van der Waals surface area contributed by atoms with Gasteiger partial charge in [0.15, 0.2) is 10.8 Å². The first-order valence-electron chi connectivity index (χ1n) is 11.2. The maximum atomic E-state index is 13.1. The van der Waals surface area contributed by atoms with Gasteiger partial charge in [-0.3, -0.25) is 10.1 Å². The summed E-state index contributed by atoms with van der Waals surface area (Å²) < 4.78 is 10.9. The fourth-order valence-electron chi connectivity index (χ4n) is 3.78. The van der Waals surface area contributed by atoms with Gasteiger partial charge in [-0.2, -0.15) is 0 Å². The normalized spacial score (nSPS) is 14.2. The molecular formula is C25H29N3O4S. The number of Topliss-reactive ketones (excluding diaryl/α,β-unsaturated/α-hetero) is 1. The van der Waals surface area contributed by atoms with Crippen molar-refractivity contribution >= 4 is 33.9 Å². The summed E-state index contributed by atoms with van der Waals surface area (Å²) in [4.78, 5) is 32.2. The highest BCUT2D eigenvalue weighted by molar-refractivity contribution is 7.17. The standard InChI is InChI=1S/C25H29N3O4S/c1-25(2,3)32-24(30)27-19-10-9-17(21-8-7-13-31-21)14-18(19)15-20(29)23-26-16-22(33-23)28-11-5-4-6-12-28/h7-10,13-14,16H,4-6,11-12,15H2,1-3H3,(H,27,30). The summed E-state index contributed by atoms with van der Waals surface area (Å²) in [5.74, 6) is 0.598. The van der Waals surface area contributed by atoms with Crippen LogP contribution in [0.3, 0.4) is 0 Å². The molecule has 3 aromatic rings. The van der Waals surface area contributed by atoms with Crippen LogP contribution >= 0.6 is 11.3 Å². The van der Waals surface area contributed by atoms with Crippen LogP contribution in [0.1, 0.15) is 55.4 Å². The van der Waals surface area contributed by atoms with E-state index < -0.39 is 11.7 Å². The van der Waals surface area contributed by atoms with E-state index in [0.29, 0.717) is 22.0 Å². The van der Waals surface area contributed by atoms with Crippen LogP contribution in [0.2, 0.25) is 0 Å². The van der Waals surface area contributed by atoms with Crippen LogP contribution in [0.5, 0.6) is 0 Å². The van der Waals surface area contributed by atoms with Gasteiger partial charge in [-0.05, 0) is 75.9 Å². The van der Waals surface area contributed by atoms with Crippen molar-refractivity contribution in [3.8, 4) is 11.3 Å². The summed E-state index contributed by atoms with van der Waals surface area (Å²) >= 11 is 1.43. The number of carbonyl (C=O) groups excluding carboxylic acids is 2. The van der Waals surface area contributed by atoms with Crippen LogP contribution in [0.4, 0.5) is 15.5 Å². The number of anilines is 2. The number of hydrogen-bond acceptors (Lipinski definition) is 7. The van der Waals surface area contributed by atoms with Gasteiger partial charge < -0.3 is 14.1 Å². The van der Waals surface area contributed by atoms with Gasteiger partial charge in [-0.1, -0.05) is 11.3 Å². The predicted octanol–water partition coefficient (Wildman–Crippen LogP) is 6.17.